The van der Waals surface area contributed by atoms with Crippen molar-refractivity contribution in [2.45, 2.75) is 12.5 Å². The molecule has 2 N–H and O–H groups in total. The van der Waals surface area contributed by atoms with E-state index in [9.17, 15) is 5.11 Å². The Bertz CT molecular complexity index is 233. The van der Waals surface area contributed by atoms with E-state index in [-0.39, 0.29) is 6.61 Å². The Morgan fingerprint density at radius 1 is 1.25 bits per heavy atom. The zero-order chi connectivity index (χ0) is 8.97. The Hall–Kier alpha value is -0.130. The highest BCUT2D eigenvalue weighted by molar-refractivity contribution is 14.1. The van der Waals surface area contributed by atoms with Gasteiger partial charge in [0.2, 0.25) is 0 Å². The van der Waals surface area contributed by atoms with Crippen molar-refractivity contribution in [3.63, 3.8) is 0 Å². The molecule has 2 nitrogen and oxygen atoms in total. The molecule has 0 fully saturated rings. The van der Waals surface area contributed by atoms with Crippen LogP contribution in [0.2, 0.25) is 0 Å². The van der Waals surface area contributed by atoms with Crippen molar-refractivity contribution in [1.82, 2.24) is 0 Å². The average Bonchev–Trinajstić information content (AvgIpc) is 2.06. The number of hydrogen-bond acceptors (Lipinski definition) is 2. The third-order valence-electron chi connectivity index (χ3n) is 1.66. The van der Waals surface area contributed by atoms with Crippen LogP contribution in [0.1, 0.15) is 18.1 Å². The number of hydrogen-bond donors (Lipinski definition) is 2. The second-order valence-electron chi connectivity index (χ2n) is 2.58. The molecule has 3 heteroatoms. The number of halogens is 1. The summed E-state index contributed by atoms with van der Waals surface area (Å²) in [6.45, 7) is 0.0210. The quantitative estimate of drug-likeness (QED) is 0.826. The fourth-order valence-corrected chi connectivity index (χ4v) is 1.33. The second-order valence-corrected chi connectivity index (χ2v) is 3.83. The van der Waals surface area contributed by atoms with Crippen molar-refractivity contribution >= 4 is 22.6 Å². The van der Waals surface area contributed by atoms with Crippen LogP contribution >= 0.6 is 22.6 Å². The fraction of sp³-hybridized carbons (Fsp3) is 0.333. The maximum Gasteiger partial charge on any atom is 0.0811 e. The van der Waals surface area contributed by atoms with Crippen molar-refractivity contribution < 1.29 is 10.2 Å². The summed E-state index contributed by atoms with van der Waals surface area (Å²) in [4.78, 5) is 0. The van der Waals surface area contributed by atoms with E-state index in [1.54, 1.807) is 0 Å². The van der Waals surface area contributed by atoms with Gasteiger partial charge in [-0.25, -0.2) is 0 Å². The average molecular weight is 278 g/mol. The fourth-order valence-electron chi connectivity index (χ4n) is 0.974. The monoisotopic (exact) mass is 278 g/mol. The van der Waals surface area contributed by atoms with E-state index in [4.69, 9.17) is 5.11 Å². The SMILES string of the molecule is OCCC(O)c1ccc(I)cc1. The van der Waals surface area contributed by atoms with Crippen LogP contribution in [0.25, 0.3) is 0 Å². The van der Waals surface area contributed by atoms with E-state index in [1.807, 2.05) is 24.3 Å². The molecule has 12 heavy (non-hydrogen) atoms. The Labute approximate surface area is 85.4 Å². The van der Waals surface area contributed by atoms with Gasteiger partial charge in [0.15, 0.2) is 0 Å². The van der Waals surface area contributed by atoms with Crippen molar-refractivity contribution in [1.29, 1.82) is 0 Å². The maximum atomic E-state index is 9.45. The lowest BCUT2D eigenvalue weighted by Gasteiger charge is -2.08. The number of benzene rings is 1. The van der Waals surface area contributed by atoms with E-state index in [0.717, 1.165) is 9.13 Å². The van der Waals surface area contributed by atoms with Crippen molar-refractivity contribution in [2.75, 3.05) is 6.61 Å². The molecule has 0 saturated heterocycles. The number of rotatable bonds is 3. The van der Waals surface area contributed by atoms with Gasteiger partial charge in [0.05, 0.1) is 6.10 Å². The van der Waals surface area contributed by atoms with Crippen LogP contribution in [0.4, 0.5) is 0 Å². The van der Waals surface area contributed by atoms with Crippen molar-refractivity contribution in [3.05, 3.63) is 33.4 Å². The van der Waals surface area contributed by atoms with Crippen LogP contribution in [0.5, 0.6) is 0 Å². The normalized spacial score (nSPS) is 12.9. The van der Waals surface area contributed by atoms with Crippen molar-refractivity contribution in [3.8, 4) is 0 Å². The first-order chi connectivity index (χ1) is 5.74. The van der Waals surface area contributed by atoms with E-state index in [0.29, 0.717) is 6.42 Å². The molecule has 0 saturated carbocycles. The molecular weight excluding hydrogens is 267 g/mol. The summed E-state index contributed by atoms with van der Waals surface area (Å²) in [7, 11) is 0. The molecule has 66 valence electrons. The Morgan fingerprint density at radius 3 is 2.33 bits per heavy atom. The summed E-state index contributed by atoms with van der Waals surface area (Å²) in [5, 5.41) is 18.0. The Kier molecular flexibility index (Phi) is 3.97. The molecule has 0 aliphatic carbocycles. The largest absolute Gasteiger partial charge is 0.396 e. The molecule has 0 radical (unpaired) electrons. The molecule has 1 aromatic carbocycles. The molecule has 0 aliphatic heterocycles. The molecule has 0 spiro atoms. The number of aliphatic hydroxyl groups is 2. The number of aliphatic hydroxyl groups excluding tert-OH is 2. The molecule has 0 aromatic heterocycles. The highest BCUT2D eigenvalue weighted by Crippen LogP contribution is 2.17. The Balaban J connectivity index is 2.68. The van der Waals surface area contributed by atoms with Crippen LogP contribution in [0.3, 0.4) is 0 Å². The molecule has 0 heterocycles. The van der Waals surface area contributed by atoms with Crippen LogP contribution < -0.4 is 0 Å². The molecule has 1 unspecified atom stereocenters. The van der Waals surface area contributed by atoms with Gasteiger partial charge in [-0.1, -0.05) is 12.1 Å². The first-order valence-electron chi connectivity index (χ1n) is 3.78. The second kappa shape index (κ2) is 4.79. The lowest BCUT2D eigenvalue weighted by Crippen LogP contribution is -1.99. The predicted molar refractivity (Wildman–Crippen MR) is 55.8 cm³/mol. The Morgan fingerprint density at radius 2 is 1.83 bits per heavy atom. The van der Waals surface area contributed by atoms with E-state index < -0.39 is 6.10 Å². The highest BCUT2D eigenvalue weighted by Gasteiger charge is 2.04. The van der Waals surface area contributed by atoms with E-state index >= 15 is 0 Å². The highest BCUT2D eigenvalue weighted by atomic mass is 127. The first kappa shape index (κ1) is 9.95. The van der Waals surface area contributed by atoms with Crippen LogP contribution in [0, 0.1) is 3.57 Å². The minimum absolute atomic E-state index is 0.0210. The first-order valence-corrected chi connectivity index (χ1v) is 4.86. The summed E-state index contributed by atoms with van der Waals surface area (Å²) in [5.41, 5.74) is 0.865. The van der Waals surface area contributed by atoms with Gasteiger partial charge in [-0.15, -0.1) is 0 Å². The summed E-state index contributed by atoms with van der Waals surface area (Å²) in [6.07, 6.45) is -0.132. The summed E-state index contributed by atoms with van der Waals surface area (Å²) in [5.74, 6) is 0. The van der Waals surface area contributed by atoms with Crippen LogP contribution in [0.15, 0.2) is 24.3 Å². The third-order valence-corrected chi connectivity index (χ3v) is 2.38. The predicted octanol–water partition coefficient (Wildman–Crippen LogP) is 1.71. The zero-order valence-corrected chi connectivity index (χ0v) is 8.73. The van der Waals surface area contributed by atoms with Crippen LogP contribution in [-0.4, -0.2) is 16.8 Å². The molecule has 0 amide bonds. The molecule has 0 aliphatic rings. The molecule has 1 aromatic rings. The van der Waals surface area contributed by atoms with Gasteiger partial charge >= 0.3 is 0 Å². The van der Waals surface area contributed by atoms with Gasteiger partial charge < -0.3 is 10.2 Å². The molecule has 0 bridgehead atoms. The minimum atomic E-state index is -0.535. The van der Waals surface area contributed by atoms with Gasteiger partial charge in [0.1, 0.15) is 0 Å². The van der Waals surface area contributed by atoms with Gasteiger partial charge in [-0.2, -0.15) is 0 Å². The van der Waals surface area contributed by atoms with Gasteiger partial charge in [-0.05, 0) is 40.3 Å². The van der Waals surface area contributed by atoms with E-state index in [2.05, 4.69) is 22.6 Å². The maximum absolute atomic E-state index is 9.45. The van der Waals surface area contributed by atoms with Gasteiger partial charge in [0.25, 0.3) is 0 Å². The lowest BCUT2D eigenvalue weighted by molar-refractivity contribution is 0.134. The summed E-state index contributed by atoms with van der Waals surface area (Å²) in [6, 6.07) is 7.64. The van der Waals surface area contributed by atoms with E-state index in [1.165, 1.54) is 0 Å². The molecule has 1 rings (SSSR count). The van der Waals surface area contributed by atoms with Gasteiger partial charge in [-0.3, -0.25) is 0 Å². The third kappa shape index (κ3) is 2.73. The lowest BCUT2D eigenvalue weighted by atomic mass is 10.1. The van der Waals surface area contributed by atoms with Gasteiger partial charge in [0, 0.05) is 16.6 Å². The smallest absolute Gasteiger partial charge is 0.0811 e. The zero-order valence-electron chi connectivity index (χ0n) is 6.57. The molecule has 1 atom stereocenters. The topological polar surface area (TPSA) is 40.5 Å². The molecular formula is C9H11IO2. The van der Waals surface area contributed by atoms with Crippen molar-refractivity contribution in [2.24, 2.45) is 0 Å². The summed E-state index contributed by atoms with van der Waals surface area (Å²) < 4.78 is 1.15. The standard InChI is InChI=1S/C9H11IO2/c10-8-3-1-7(2-4-8)9(12)5-6-11/h1-4,9,11-12H,5-6H2. The summed E-state index contributed by atoms with van der Waals surface area (Å²) >= 11 is 2.21. The minimum Gasteiger partial charge on any atom is -0.396 e. The van der Waals surface area contributed by atoms with Crippen LogP contribution in [-0.2, 0) is 0 Å².